The number of aromatic nitrogens is 5. The lowest BCUT2D eigenvalue weighted by Crippen LogP contribution is -2.52. The first-order valence-corrected chi connectivity index (χ1v) is 12.5. The average Bonchev–Trinajstić information content (AvgIpc) is 3.64. The normalized spacial score (nSPS) is 28.9. The van der Waals surface area contributed by atoms with Gasteiger partial charge in [0.05, 0.1) is 2.74 Å². The van der Waals surface area contributed by atoms with Crippen molar-refractivity contribution in [1.29, 1.82) is 0 Å². The van der Waals surface area contributed by atoms with Gasteiger partial charge in [0.1, 0.15) is 11.5 Å². The van der Waals surface area contributed by atoms with E-state index in [0.717, 1.165) is 24.2 Å². The van der Waals surface area contributed by atoms with Gasteiger partial charge in [-0.3, -0.25) is 14.6 Å². The summed E-state index contributed by atoms with van der Waals surface area (Å²) in [5, 5.41) is 4.41. The molecule has 3 aromatic heterocycles. The fourth-order valence-corrected chi connectivity index (χ4v) is 5.62. The maximum absolute atomic E-state index is 13.8. The number of carbonyl (C=O) groups excluding carboxylic acids is 2. The summed E-state index contributed by atoms with van der Waals surface area (Å²) >= 11 is 0. The van der Waals surface area contributed by atoms with Crippen molar-refractivity contribution in [1.82, 2.24) is 24.6 Å². The first-order chi connectivity index (χ1) is 22.5. The Balaban J connectivity index is 1.51. The number of ether oxygens (including phenoxy) is 1. The molecule has 5 rings (SSSR count). The van der Waals surface area contributed by atoms with Crippen molar-refractivity contribution in [3.05, 3.63) is 52.3 Å². The number of hydrogen-bond donors (Lipinski definition) is 0. The molecule has 0 N–H and O–H groups in total. The molecule has 3 aromatic rings. The highest BCUT2D eigenvalue weighted by atomic mass is 16.6. The maximum Gasteiger partial charge on any atom is 0.317 e. The minimum Gasteiger partial charge on any atom is -0.458 e. The van der Waals surface area contributed by atoms with Crippen molar-refractivity contribution in [2.24, 2.45) is 11.8 Å². The molecule has 196 valence electrons. The summed E-state index contributed by atoms with van der Waals surface area (Å²) in [6.45, 7) is -3.13. The number of Topliss-reactive ketones (excluding diaryl/α,β-unsaturated/α-hetero) is 1. The van der Waals surface area contributed by atoms with Gasteiger partial charge < -0.3 is 4.74 Å². The Morgan fingerprint density at radius 1 is 1.14 bits per heavy atom. The number of ketones is 1. The minimum absolute atomic E-state index is 0.126. The topological polar surface area (TPSA) is 99.3 Å². The van der Waals surface area contributed by atoms with Gasteiger partial charge in [-0.2, -0.15) is 4.98 Å². The summed E-state index contributed by atoms with van der Waals surface area (Å²) < 4.78 is 105. The van der Waals surface area contributed by atoms with E-state index < -0.39 is 73.2 Å². The van der Waals surface area contributed by atoms with Crippen molar-refractivity contribution in [3.8, 4) is 0 Å². The third kappa shape index (κ3) is 5.15. The molecule has 1 saturated heterocycles. The van der Waals surface area contributed by atoms with E-state index in [-0.39, 0.29) is 43.0 Å². The van der Waals surface area contributed by atoms with Crippen LogP contribution in [0.5, 0.6) is 0 Å². The molecule has 0 aromatic carbocycles. The zero-order valence-electron chi connectivity index (χ0n) is 32.8. The number of hydrogen-bond acceptors (Lipinski definition) is 7. The second-order valence-electron chi connectivity index (χ2n) is 9.93. The van der Waals surface area contributed by atoms with Gasteiger partial charge >= 0.3 is 5.97 Å². The van der Waals surface area contributed by atoms with Crippen molar-refractivity contribution < 1.29 is 30.8 Å². The molecule has 2 fully saturated rings. The smallest absolute Gasteiger partial charge is 0.317 e. The number of aryl methyl sites for hydroxylation is 4. The van der Waals surface area contributed by atoms with Crippen LogP contribution in [-0.2, 0) is 39.9 Å². The van der Waals surface area contributed by atoms with Gasteiger partial charge in [-0.25, -0.2) is 9.50 Å². The molecule has 1 saturated carbocycles. The second-order valence-corrected chi connectivity index (χ2v) is 9.93. The van der Waals surface area contributed by atoms with E-state index >= 15 is 0 Å². The van der Waals surface area contributed by atoms with Crippen LogP contribution in [-0.4, -0.2) is 41.9 Å². The number of nitrogens with zero attached hydrogens (tertiary/aromatic N) is 5. The van der Waals surface area contributed by atoms with Crippen molar-refractivity contribution in [2.75, 3.05) is 0 Å². The van der Waals surface area contributed by atoms with Gasteiger partial charge in [-0.15, -0.1) is 5.10 Å². The summed E-state index contributed by atoms with van der Waals surface area (Å²) in [6, 6.07) is 0.206. The van der Waals surface area contributed by atoms with Crippen LogP contribution in [0.4, 0.5) is 0 Å². The standard InChI is InChI=1S/C29H37N5O3/c1-5-22-14-20(15-23(6-2)31-22)11-12-29(21-9-7-8-10-21)17-25(35)24(27(36)37-29)16-26-32-28-30-18(3)13-19(4)34(28)33-26/h13-15,21,24H,5-12,16-17H2,1-4H3/t24?,29-/m1/s1/i1D3,2D3,5D2,6D2,14D,15D. The molecule has 37 heavy (non-hydrogen) atoms. The maximum atomic E-state index is 13.8. The Morgan fingerprint density at radius 3 is 2.54 bits per heavy atom. The first-order valence-electron chi connectivity index (χ1n) is 18.5. The van der Waals surface area contributed by atoms with Crippen LogP contribution in [0, 0.1) is 25.7 Å². The lowest BCUT2D eigenvalue weighted by Gasteiger charge is -2.43. The largest absolute Gasteiger partial charge is 0.458 e. The Bertz CT molecular complexity index is 1730. The Labute approximate surface area is 235 Å². The Kier molecular flexibility index (Phi) is 4.09. The molecular weight excluding hydrogens is 466 g/mol. The van der Waals surface area contributed by atoms with E-state index in [1.807, 2.05) is 13.0 Å². The number of fused-ring (bicyclic) bond motifs is 1. The predicted octanol–water partition coefficient (Wildman–Crippen LogP) is 4.50. The quantitative estimate of drug-likeness (QED) is 0.322. The third-order valence-corrected chi connectivity index (χ3v) is 7.40. The number of pyridine rings is 1. The number of rotatable bonds is 8. The number of carbonyl (C=O) groups is 2. The molecule has 0 spiro atoms. The molecule has 0 radical (unpaired) electrons. The summed E-state index contributed by atoms with van der Waals surface area (Å²) in [4.78, 5) is 39.8. The predicted molar refractivity (Wildman–Crippen MR) is 139 cm³/mol. The fraction of sp³-hybridized carbons (Fsp3) is 0.586. The van der Waals surface area contributed by atoms with E-state index in [1.165, 1.54) is 4.52 Å². The molecule has 1 unspecified atom stereocenters. The summed E-state index contributed by atoms with van der Waals surface area (Å²) in [7, 11) is 0. The average molecular weight is 516 g/mol. The highest BCUT2D eigenvalue weighted by Gasteiger charge is 2.51. The molecule has 8 nitrogen and oxygen atoms in total. The van der Waals surface area contributed by atoms with Crippen molar-refractivity contribution >= 4 is 17.5 Å². The van der Waals surface area contributed by atoms with E-state index in [0.29, 0.717) is 18.6 Å². The molecule has 0 amide bonds. The van der Waals surface area contributed by atoms with E-state index in [4.69, 9.17) is 21.2 Å². The van der Waals surface area contributed by atoms with Crippen LogP contribution in [0.1, 0.15) is 103 Å². The minimum atomic E-state index is -3.38. The van der Waals surface area contributed by atoms with E-state index in [1.54, 1.807) is 6.92 Å². The molecule has 1 aliphatic carbocycles. The molecule has 2 atom stereocenters. The van der Waals surface area contributed by atoms with Gasteiger partial charge in [0.2, 0.25) is 0 Å². The molecule has 1 aliphatic heterocycles. The van der Waals surface area contributed by atoms with Gasteiger partial charge in [-0.1, -0.05) is 26.5 Å². The molecular formula is C29H37N5O3. The summed E-state index contributed by atoms with van der Waals surface area (Å²) in [5.74, 6) is -2.15. The molecule has 8 heteroatoms. The second kappa shape index (κ2) is 10.3. The summed E-state index contributed by atoms with van der Waals surface area (Å²) in [5.41, 5.74) is -2.33. The van der Waals surface area contributed by atoms with Gasteiger partial charge in [0.25, 0.3) is 5.78 Å². The van der Waals surface area contributed by atoms with Crippen LogP contribution in [0.15, 0.2) is 18.2 Å². The lowest BCUT2D eigenvalue weighted by atomic mass is 9.73. The zero-order chi connectivity index (χ0) is 36.5. The van der Waals surface area contributed by atoms with Crippen molar-refractivity contribution in [2.45, 2.75) is 97.3 Å². The molecule has 2 aliphatic rings. The van der Waals surface area contributed by atoms with Crippen LogP contribution in [0.3, 0.4) is 0 Å². The molecule has 0 bridgehead atoms. The van der Waals surface area contributed by atoms with Crippen LogP contribution in [0.2, 0.25) is 0 Å². The Morgan fingerprint density at radius 2 is 1.86 bits per heavy atom. The first kappa shape index (κ1) is 14.7. The fourth-order valence-electron chi connectivity index (χ4n) is 5.62. The van der Waals surface area contributed by atoms with Gasteiger partial charge in [0, 0.05) is 49.3 Å². The number of cyclic esters (lactones) is 1. The Hall–Kier alpha value is -3.16. The van der Waals surface area contributed by atoms with Gasteiger partial charge in [-0.05, 0) is 81.9 Å². The third-order valence-electron chi connectivity index (χ3n) is 7.40. The molecule has 4 heterocycles. The monoisotopic (exact) mass is 515 g/mol. The van der Waals surface area contributed by atoms with Crippen LogP contribution >= 0.6 is 0 Å². The zero-order valence-corrected chi connectivity index (χ0v) is 20.8. The van der Waals surface area contributed by atoms with E-state index in [2.05, 4.69) is 20.1 Å². The van der Waals surface area contributed by atoms with Crippen molar-refractivity contribution in [3.63, 3.8) is 0 Å². The highest BCUT2D eigenvalue weighted by molar-refractivity contribution is 6.01. The van der Waals surface area contributed by atoms with Crippen LogP contribution in [0.25, 0.3) is 5.78 Å². The van der Waals surface area contributed by atoms with E-state index in [9.17, 15) is 9.59 Å². The SMILES string of the molecule is [2H]c1c(C([2H])([2H])C([2H])([2H])[2H])nc(C([2H])([2H])C([2H])([2H])[2H])c([2H])c1CC[C@]1(C2CCCC2)CC(=O)C(Cc2nc3nc(C)cc(C)n3n2)C(=O)O1. The lowest BCUT2D eigenvalue weighted by molar-refractivity contribution is -0.185. The van der Waals surface area contributed by atoms with Gasteiger partial charge in [0.15, 0.2) is 11.6 Å². The summed E-state index contributed by atoms with van der Waals surface area (Å²) in [6.07, 6.45) is -4.64. The number of esters is 1. The van der Waals surface area contributed by atoms with Crippen LogP contribution < -0.4 is 0 Å². The highest BCUT2D eigenvalue weighted by Crippen LogP contribution is 2.45.